The van der Waals surface area contributed by atoms with Gasteiger partial charge in [0.15, 0.2) is 0 Å². The van der Waals surface area contributed by atoms with Gasteiger partial charge in [-0.3, -0.25) is 4.90 Å². The topological polar surface area (TPSA) is 32.7 Å². The molecular formula is C17H22FNO2. The summed E-state index contributed by atoms with van der Waals surface area (Å²) in [5, 5.41) is 8.68. The maximum Gasteiger partial charge on any atom is 0.128 e. The number of hydrogen-bond donors (Lipinski definition) is 1. The zero-order valence-corrected chi connectivity index (χ0v) is 12.6. The fourth-order valence-corrected chi connectivity index (χ4v) is 2.63. The van der Waals surface area contributed by atoms with Crippen LogP contribution in [-0.4, -0.2) is 41.9 Å². The molecule has 0 radical (unpaired) electrons. The average molecular weight is 291 g/mol. The molecule has 1 N–H and O–H groups in total. The van der Waals surface area contributed by atoms with E-state index in [0.29, 0.717) is 24.1 Å². The van der Waals surface area contributed by atoms with Gasteiger partial charge in [0.05, 0.1) is 18.8 Å². The Morgan fingerprint density at radius 1 is 1.33 bits per heavy atom. The molecule has 21 heavy (non-hydrogen) atoms. The van der Waals surface area contributed by atoms with E-state index in [1.165, 1.54) is 6.07 Å². The lowest BCUT2D eigenvalue weighted by Gasteiger charge is -2.35. The van der Waals surface area contributed by atoms with Gasteiger partial charge in [-0.05, 0) is 26.0 Å². The number of rotatable bonds is 3. The molecule has 0 amide bonds. The Morgan fingerprint density at radius 3 is 2.67 bits per heavy atom. The van der Waals surface area contributed by atoms with E-state index >= 15 is 0 Å². The Kier molecular flexibility index (Phi) is 5.75. The number of nitrogens with zero attached hydrogens (tertiary/aromatic N) is 1. The lowest BCUT2D eigenvalue weighted by atomic mass is 10.1. The lowest BCUT2D eigenvalue weighted by molar-refractivity contribution is -0.0707. The second kappa shape index (κ2) is 7.56. The monoisotopic (exact) mass is 291 g/mol. The number of benzene rings is 1. The number of halogens is 1. The fourth-order valence-electron chi connectivity index (χ4n) is 2.63. The number of ether oxygens (including phenoxy) is 1. The highest BCUT2D eigenvalue weighted by Crippen LogP contribution is 2.17. The SMILES string of the molecule is CC1CN(Cc2ccc(C#CCCO)cc2F)CC(C)O1. The maximum absolute atomic E-state index is 14.1. The van der Waals surface area contributed by atoms with Crippen LogP contribution in [0.3, 0.4) is 0 Å². The van der Waals surface area contributed by atoms with Crippen molar-refractivity contribution in [3.63, 3.8) is 0 Å². The normalized spacial score (nSPS) is 22.7. The molecule has 114 valence electrons. The Balaban J connectivity index is 2.02. The van der Waals surface area contributed by atoms with Crippen molar-refractivity contribution in [1.82, 2.24) is 4.90 Å². The largest absolute Gasteiger partial charge is 0.395 e. The Hall–Kier alpha value is -1.41. The summed E-state index contributed by atoms with van der Waals surface area (Å²) in [5.41, 5.74) is 1.33. The number of morpholine rings is 1. The molecule has 1 aromatic carbocycles. The zero-order chi connectivity index (χ0) is 15.2. The molecule has 1 saturated heterocycles. The molecule has 1 aromatic rings. The molecule has 1 aliphatic rings. The summed E-state index contributed by atoms with van der Waals surface area (Å²) in [4.78, 5) is 2.22. The first-order valence-electron chi connectivity index (χ1n) is 7.34. The van der Waals surface area contributed by atoms with Crippen LogP contribution in [0.4, 0.5) is 4.39 Å². The second-order valence-corrected chi connectivity index (χ2v) is 5.53. The molecule has 1 fully saturated rings. The molecule has 0 aliphatic carbocycles. The van der Waals surface area contributed by atoms with Gasteiger partial charge in [-0.25, -0.2) is 4.39 Å². The molecule has 3 nitrogen and oxygen atoms in total. The highest BCUT2D eigenvalue weighted by molar-refractivity contribution is 5.37. The Bertz CT molecular complexity index is 525. The second-order valence-electron chi connectivity index (χ2n) is 5.53. The molecule has 0 aromatic heterocycles. The molecule has 1 heterocycles. The highest BCUT2D eigenvalue weighted by Gasteiger charge is 2.22. The van der Waals surface area contributed by atoms with Gasteiger partial charge in [0, 0.05) is 37.2 Å². The van der Waals surface area contributed by atoms with Crippen molar-refractivity contribution in [2.75, 3.05) is 19.7 Å². The summed E-state index contributed by atoms with van der Waals surface area (Å²) in [5.74, 6) is 5.42. The van der Waals surface area contributed by atoms with Gasteiger partial charge >= 0.3 is 0 Å². The van der Waals surface area contributed by atoms with E-state index in [2.05, 4.69) is 16.7 Å². The summed E-state index contributed by atoms with van der Waals surface area (Å²) in [6.45, 7) is 6.34. The van der Waals surface area contributed by atoms with Crippen LogP contribution < -0.4 is 0 Å². The van der Waals surface area contributed by atoms with Gasteiger partial charge < -0.3 is 9.84 Å². The summed E-state index contributed by atoms with van der Waals surface area (Å²) >= 11 is 0. The van der Waals surface area contributed by atoms with Crippen LogP contribution in [0, 0.1) is 17.7 Å². The van der Waals surface area contributed by atoms with Crippen molar-refractivity contribution in [3.05, 3.63) is 35.1 Å². The first kappa shape index (κ1) is 16.0. The molecule has 0 saturated carbocycles. The third kappa shape index (κ3) is 4.82. The van der Waals surface area contributed by atoms with E-state index in [-0.39, 0.29) is 24.6 Å². The molecule has 2 unspecified atom stereocenters. The predicted molar refractivity (Wildman–Crippen MR) is 80.3 cm³/mol. The van der Waals surface area contributed by atoms with Crippen LogP contribution in [0.5, 0.6) is 0 Å². The predicted octanol–water partition coefficient (Wildman–Crippen LogP) is 2.17. The minimum atomic E-state index is -0.224. The van der Waals surface area contributed by atoms with Gasteiger partial charge in [-0.2, -0.15) is 0 Å². The summed E-state index contributed by atoms with van der Waals surface area (Å²) in [7, 11) is 0. The van der Waals surface area contributed by atoms with Crippen molar-refractivity contribution < 1.29 is 14.2 Å². The first-order valence-corrected chi connectivity index (χ1v) is 7.34. The number of aliphatic hydroxyl groups excluding tert-OH is 1. The van der Waals surface area contributed by atoms with E-state index in [0.717, 1.165) is 13.1 Å². The van der Waals surface area contributed by atoms with Crippen LogP contribution in [0.1, 0.15) is 31.4 Å². The number of aliphatic hydroxyl groups is 1. The quantitative estimate of drug-likeness (QED) is 0.866. The van der Waals surface area contributed by atoms with Gasteiger partial charge in [0.1, 0.15) is 5.82 Å². The molecule has 4 heteroatoms. The lowest BCUT2D eigenvalue weighted by Crippen LogP contribution is -2.44. The van der Waals surface area contributed by atoms with Gasteiger partial charge in [-0.15, -0.1) is 0 Å². The van der Waals surface area contributed by atoms with Gasteiger partial charge in [-0.1, -0.05) is 17.9 Å². The molecule has 2 rings (SSSR count). The third-order valence-corrected chi connectivity index (χ3v) is 3.41. The van der Waals surface area contributed by atoms with E-state index in [1.54, 1.807) is 6.07 Å². The van der Waals surface area contributed by atoms with E-state index in [9.17, 15) is 4.39 Å². The van der Waals surface area contributed by atoms with E-state index in [1.807, 2.05) is 19.9 Å². The molecule has 2 atom stereocenters. The highest BCUT2D eigenvalue weighted by atomic mass is 19.1. The van der Waals surface area contributed by atoms with Crippen LogP contribution >= 0.6 is 0 Å². The summed E-state index contributed by atoms with van der Waals surface area (Å²) in [6.07, 6.45) is 0.772. The van der Waals surface area contributed by atoms with Crippen LogP contribution in [-0.2, 0) is 11.3 Å². The van der Waals surface area contributed by atoms with Crippen molar-refractivity contribution in [2.24, 2.45) is 0 Å². The minimum absolute atomic E-state index is 0.0287. The average Bonchev–Trinajstić information content (AvgIpc) is 2.41. The maximum atomic E-state index is 14.1. The van der Waals surface area contributed by atoms with Gasteiger partial charge in [0.2, 0.25) is 0 Å². The fraction of sp³-hybridized carbons (Fsp3) is 0.529. The molecular weight excluding hydrogens is 269 g/mol. The van der Waals surface area contributed by atoms with Crippen molar-refractivity contribution in [3.8, 4) is 11.8 Å². The van der Waals surface area contributed by atoms with Crippen molar-refractivity contribution in [1.29, 1.82) is 0 Å². The van der Waals surface area contributed by atoms with Crippen LogP contribution in [0.2, 0.25) is 0 Å². The smallest absolute Gasteiger partial charge is 0.128 e. The van der Waals surface area contributed by atoms with Crippen molar-refractivity contribution in [2.45, 2.75) is 39.0 Å². The Labute approximate surface area is 125 Å². The van der Waals surface area contributed by atoms with E-state index in [4.69, 9.17) is 9.84 Å². The van der Waals surface area contributed by atoms with Crippen molar-refractivity contribution >= 4 is 0 Å². The van der Waals surface area contributed by atoms with Gasteiger partial charge in [0.25, 0.3) is 0 Å². The first-order chi connectivity index (χ1) is 10.1. The summed E-state index contributed by atoms with van der Waals surface area (Å²) < 4.78 is 19.8. The van der Waals surface area contributed by atoms with Crippen LogP contribution in [0.25, 0.3) is 0 Å². The Morgan fingerprint density at radius 2 is 2.05 bits per heavy atom. The standard InChI is InChI=1S/C17H22FNO2/c1-13-10-19(11-14(2)21-13)12-16-7-6-15(9-17(16)18)5-3-4-8-20/h6-7,9,13-14,20H,4,8,10-12H2,1-2H3. The molecule has 1 aliphatic heterocycles. The molecule has 0 bridgehead atoms. The minimum Gasteiger partial charge on any atom is -0.395 e. The number of hydrogen-bond acceptors (Lipinski definition) is 3. The van der Waals surface area contributed by atoms with E-state index < -0.39 is 0 Å². The summed E-state index contributed by atoms with van der Waals surface area (Å²) in [6, 6.07) is 5.09. The van der Waals surface area contributed by atoms with Crippen LogP contribution in [0.15, 0.2) is 18.2 Å². The molecule has 0 spiro atoms. The third-order valence-electron chi connectivity index (χ3n) is 3.41. The zero-order valence-electron chi connectivity index (χ0n) is 12.6.